The molecule has 3 aromatic rings. The van der Waals surface area contributed by atoms with Crippen molar-refractivity contribution >= 4 is 77.8 Å². The van der Waals surface area contributed by atoms with Gasteiger partial charge in [0.05, 0.1) is 19.5 Å². The molecule has 1 amide bonds. The van der Waals surface area contributed by atoms with Gasteiger partial charge >= 0.3 is 0 Å². The zero-order valence-corrected chi connectivity index (χ0v) is 22.0. The van der Waals surface area contributed by atoms with Crippen LogP contribution in [0.5, 0.6) is 17.2 Å². The van der Waals surface area contributed by atoms with Gasteiger partial charge in [0.15, 0.2) is 15.8 Å². The zero-order valence-electron chi connectivity index (χ0n) is 17.2. The maximum atomic E-state index is 13.9. The first-order chi connectivity index (χ1) is 16.4. The molecule has 10 heteroatoms. The van der Waals surface area contributed by atoms with E-state index >= 15 is 0 Å². The number of hydrogen-bond donors (Lipinski definition) is 0. The molecule has 2 heterocycles. The lowest BCUT2D eigenvalue weighted by Crippen LogP contribution is -2.27. The van der Waals surface area contributed by atoms with Crippen LogP contribution in [0.4, 0.5) is 10.1 Å². The monoisotopic (exact) mass is 621 g/mol. The summed E-state index contributed by atoms with van der Waals surface area (Å²) in [7, 11) is 0. The van der Waals surface area contributed by atoms with Crippen LogP contribution in [0.1, 0.15) is 11.1 Å². The van der Waals surface area contributed by atoms with Crippen LogP contribution in [0.3, 0.4) is 0 Å². The summed E-state index contributed by atoms with van der Waals surface area (Å²) < 4.78 is 32.2. The first-order valence-electron chi connectivity index (χ1n) is 9.93. The van der Waals surface area contributed by atoms with Crippen molar-refractivity contribution in [3.63, 3.8) is 0 Å². The molecule has 2 aliphatic rings. The Morgan fingerprint density at radius 2 is 1.82 bits per heavy atom. The molecule has 1 fully saturated rings. The highest BCUT2D eigenvalue weighted by molar-refractivity contribution is 9.11. The van der Waals surface area contributed by atoms with Gasteiger partial charge in [-0.25, -0.2) is 4.39 Å². The topological polar surface area (TPSA) is 48.0 Å². The Hall–Kier alpha value is -2.40. The van der Waals surface area contributed by atoms with E-state index < -0.39 is 0 Å². The molecule has 1 saturated heterocycles. The molecule has 0 aliphatic carbocycles. The first kappa shape index (κ1) is 23.3. The minimum Gasteiger partial charge on any atom is -0.486 e. The van der Waals surface area contributed by atoms with Crippen LogP contribution < -0.4 is 19.1 Å². The molecule has 0 N–H and O–H groups in total. The molecule has 0 saturated carbocycles. The molecule has 0 unspecified atom stereocenters. The van der Waals surface area contributed by atoms with Gasteiger partial charge < -0.3 is 14.2 Å². The third-order valence-corrected chi connectivity index (χ3v) is 7.54. The number of thiocarbonyl (C=S) groups is 1. The number of carbonyl (C=O) groups excluding carboxylic acids is 1. The fourth-order valence-electron chi connectivity index (χ4n) is 3.43. The number of hydrogen-bond acceptors (Lipinski definition) is 6. The van der Waals surface area contributed by atoms with Crippen molar-refractivity contribution in [1.82, 2.24) is 0 Å². The number of ether oxygens (including phenoxy) is 3. The number of nitrogens with zero attached hydrogens (tertiary/aromatic N) is 1. The number of carbonyl (C=O) groups is 1. The lowest BCUT2D eigenvalue weighted by Gasteiger charge is -2.15. The van der Waals surface area contributed by atoms with Gasteiger partial charge in [0.1, 0.15) is 18.2 Å². The summed E-state index contributed by atoms with van der Waals surface area (Å²) in [4.78, 5) is 15.1. The van der Waals surface area contributed by atoms with E-state index in [1.54, 1.807) is 42.5 Å². The highest BCUT2D eigenvalue weighted by Gasteiger charge is 2.34. The highest BCUT2D eigenvalue weighted by atomic mass is 79.9. The molecule has 5 nitrogen and oxygen atoms in total. The van der Waals surface area contributed by atoms with Gasteiger partial charge in [-0.15, -0.1) is 0 Å². The Balaban J connectivity index is 1.36. The van der Waals surface area contributed by atoms with E-state index in [4.69, 9.17) is 26.4 Å². The number of benzene rings is 3. The van der Waals surface area contributed by atoms with E-state index in [9.17, 15) is 9.18 Å². The molecule has 2 aliphatic heterocycles. The SMILES string of the molecule is O=C1/C(=C\c2cc(Br)c(OCc3ccccc3F)c(Br)c2)SC(=S)N1c1ccc2c(c1)OCO2. The Labute approximate surface area is 221 Å². The van der Waals surface area contributed by atoms with Gasteiger partial charge in [0, 0.05) is 11.6 Å². The fourth-order valence-corrected chi connectivity index (χ4v) is 6.18. The van der Waals surface area contributed by atoms with Crippen LogP contribution >= 0.6 is 55.8 Å². The number of halogens is 3. The number of rotatable bonds is 5. The van der Waals surface area contributed by atoms with E-state index in [1.165, 1.54) is 22.7 Å². The van der Waals surface area contributed by atoms with E-state index in [0.29, 0.717) is 46.7 Å². The summed E-state index contributed by atoms with van der Waals surface area (Å²) in [5.74, 6) is 1.20. The molecule has 34 heavy (non-hydrogen) atoms. The third-order valence-electron chi connectivity index (χ3n) is 5.06. The normalized spacial score (nSPS) is 16.0. The molecule has 5 rings (SSSR count). The molecule has 0 radical (unpaired) electrons. The molecule has 0 spiro atoms. The summed E-state index contributed by atoms with van der Waals surface area (Å²) in [5, 5.41) is 0. The fraction of sp³-hybridized carbons (Fsp3) is 0.0833. The van der Waals surface area contributed by atoms with Crippen molar-refractivity contribution in [2.75, 3.05) is 11.7 Å². The number of thioether (sulfide) groups is 1. The second-order valence-electron chi connectivity index (χ2n) is 7.25. The summed E-state index contributed by atoms with van der Waals surface area (Å²) in [6.45, 7) is 0.234. The second kappa shape index (κ2) is 9.69. The van der Waals surface area contributed by atoms with Crippen molar-refractivity contribution < 1.29 is 23.4 Å². The number of anilines is 1. The number of amides is 1. The van der Waals surface area contributed by atoms with Crippen LogP contribution in [0, 0.1) is 5.82 Å². The smallest absolute Gasteiger partial charge is 0.270 e. The van der Waals surface area contributed by atoms with Crippen LogP contribution in [-0.2, 0) is 11.4 Å². The standard InChI is InChI=1S/C24H14Br2FNO4S2/c25-16-7-13(8-17(26)22(16)30-11-14-3-1-2-4-18(14)27)9-21-23(29)28(24(33)34-21)15-5-6-19-20(10-15)32-12-31-19/h1-10H,11-12H2/b21-9+. The van der Waals surface area contributed by atoms with Crippen LogP contribution in [-0.4, -0.2) is 17.0 Å². The van der Waals surface area contributed by atoms with Gasteiger partial charge in [-0.1, -0.05) is 42.2 Å². The number of fused-ring (bicyclic) bond motifs is 1. The second-order valence-corrected chi connectivity index (χ2v) is 10.6. The predicted molar refractivity (Wildman–Crippen MR) is 141 cm³/mol. The first-order valence-corrected chi connectivity index (χ1v) is 12.7. The Bertz CT molecular complexity index is 1340. The van der Waals surface area contributed by atoms with Crippen molar-refractivity contribution in [3.05, 3.63) is 85.4 Å². The third kappa shape index (κ3) is 4.59. The predicted octanol–water partition coefficient (Wildman–Crippen LogP) is 7.06. The van der Waals surface area contributed by atoms with E-state index in [0.717, 1.165) is 5.56 Å². The van der Waals surface area contributed by atoms with E-state index in [1.807, 2.05) is 12.1 Å². The molecule has 172 valence electrons. The van der Waals surface area contributed by atoms with Gasteiger partial charge in [-0.2, -0.15) is 0 Å². The maximum absolute atomic E-state index is 13.9. The van der Waals surface area contributed by atoms with Gasteiger partial charge in [-0.05, 0) is 73.8 Å². The van der Waals surface area contributed by atoms with Crippen molar-refractivity contribution in [2.24, 2.45) is 0 Å². The maximum Gasteiger partial charge on any atom is 0.270 e. The Morgan fingerprint density at radius 3 is 2.59 bits per heavy atom. The molecular formula is C24H14Br2FNO4S2. The minimum absolute atomic E-state index is 0.0808. The van der Waals surface area contributed by atoms with Crippen LogP contribution in [0.25, 0.3) is 6.08 Å². The molecule has 3 aromatic carbocycles. The quantitative estimate of drug-likeness (QED) is 0.224. The average Bonchev–Trinajstić information content (AvgIpc) is 3.37. The lowest BCUT2D eigenvalue weighted by atomic mass is 10.2. The summed E-state index contributed by atoms with van der Waals surface area (Å²) in [6, 6.07) is 15.4. The van der Waals surface area contributed by atoms with Crippen molar-refractivity contribution in [1.29, 1.82) is 0 Å². The highest BCUT2D eigenvalue weighted by Crippen LogP contribution is 2.42. The van der Waals surface area contributed by atoms with Crippen molar-refractivity contribution in [3.8, 4) is 17.2 Å². The Kier molecular flexibility index (Phi) is 6.65. The van der Waals surface area contributed by atoms with E-state index in [-0.39, 0.29) is 25.1 Å². The van der Waals surface area contributed by atoms with Gasteiger partial charge in [-0.3, -0.25) is 9.69 Å². The lowest BCUT2D eigenvalue weighted by molar-refractivity contribution is -0.113. The molecular weight excluding hydrogens is 609 g/mol. The summed E-state index contributed by atoms with van der Waals surface area (Å²) in [6.07, 6.45) is 1.77. The summed E-state index contributed by atoms with van der Waals surface area (Å²) in [5.41, 5.74) is 1.84. The minimum atomic E-state index is -0.323. The van der Waals surface area contributed by atoms with E-state index in [2.05, 4.69) is 31.9 Å². The molecule has 0 aromatic heterocycles. The van der Waals surface area contributed by atoms with Crippen LogP contribution in [0.15, 0.2) is 68.4 Å². The largest absolute Gasteiger partial charge is 0.486 e. The average molecular weight is 623 g/mol. The van der Waals surface area contributed by atoms with Crippen molar-refractivity contribution in [2.45, 2.75) is 6.61 Å². The van der Waals surface area contributed by atoms with Gasteiger partial charge in [0.25, 0.3) is 5.91 Å². The molecule has 0 bridgehead atoms. The molecule has 0 atom stereocenters. The van der Waals surface area contributed by atoms with Gasteiger partial charge in [0.2, 0.25) is 6.79 Å². The Morgan fingerprint density at radius 1 is 1.09 bits per heavy atom. The zero-order chi connectivity index (χ0) is 23.8. The van der Waals surface area contributed by atoms with Crippen LogP contribution in [0.2, 0.25) is 0 Å². The summed E-state index contributed by atoms with van der Waals surface area (Å²) >= 11 is 13.7.